The van der Waals surface area contributed by atoms with E-state index in [2.05, 4.69) is 11.6 Å². The van der Waals surface area contributed by atoms with E-state index in [1.165, 1.54) is 0 Å². The third kappa shape index (κ3) is 1.69. The fraction of sp³-hybridized carbons (Fsp3) is 0.222. The van der Waals surface area contributed by atoms with Gasteiger partial charge in [0, 0.05) is 12.4 Å². The summed E-state index contributed by atoms with van der Waals surface area (Å²) >= 11 is 0. The van der Waals surface area contributed by atoms with Crippen LogP contribution in [0.5, 0.6) is 0 Å². The minimum atomic E-state index is -0.346. The standard InChI is InChI=1S/C9H12N2O/c1-2-7-5-11-4-3-8(7)9(10)6-12/h2-5,9,12H,1,6,10H2. The Hall–Kier alpha value is -1.19. The van der Waals surface area contributed by atoms with E-state index in [-0.39, 0.29) is 12.6 Å². The zero-order chi connectivity index (χ0) is 8.97. The summed E-state index contributed by atoms with van der Waals surface area (Å²) in [6.45, 7) is 3.57. The third-order valence-corrected chi connectivity index (χ3v) is 1.70. The maximum Gasteiger partial charge on any atom is 0.0624 e. The molecule has 3 heteroatoms. The Morgan fingerprint density at radius 3 is 3.08 bits per heavy atom. The first-order chi connectivity index (χ1) is 5.79. The molecule has 1 aromatic rings. The van der Waals surface area contributed by atoms with Gasteiger partial charge in [0.2, 0.25) is 0 Å². The fourth-order valence-electron chi connectivity index (χ4n) is 1.02. The Kier molecular flexibility index (Phi) is 2.96. The second-order valence-corrected chi connectivity index (χ2v) is 2.50. The molecular weight excluding hydrogens is 152 g/mol. The van der Waals surface area contributed by atoms with Crippen molar-refractivity contribution in [3.8, 4) is 0 Å². The number of nitrogens with two attached hydrogens (primary N) is 1. The Balaban J connectivity index is 3.04. The van der Waals surface area contributed by atoms with Crippen molar-refractivity contribution in [2.24, 2.45) is 5.73 Å². The molecule has 0 aromatic carbocycles. The van der Waals surface area contributed by atoms with Crippen LogP contribution in [0.4, 0.5) is 0 Å². The highest BCUT2D eigenvalue weighted by molar-refractivity contribution is 5.51. The lowest BCUT2D eigenvalue weighted by Crippen LogP contribution is -2.15. The summed E-state index contributed by atoms with van der Waals surface area (Å²) in [5, 5.41) is 8.83. The molecule has 64 valence electrons. The molecule has 3 N–H and O–H groups in total. The highest BCUT2D eigenvalue weighted by Gasteiger charge is 2.06. The number of nitrogens with zero attached hydrogens (tertiary/aromatic N) is 1. The molecule has 0 aliphatic carbocycles. The van der Waals surface area contributed by atoms with Crippen molar-refractivity contribution in [1.29, 1.82) is 0 Å². The van der Waals surface area contributed by atoms with Crippen molar-refractivity contribution in [3.05, 3.63) is 36.2 Å². The lowest BCUT2D eigenvalue weighted by Gasteiger charge is -2.10. The van der Waals surface area contributed by atoms with Crippen LogP contribution in [0.15, 0.2) is 25.0 Å². The molecule has 12 heavy (non-hydrogen) atoms. The molecule has 0 spiro atoms. The summed E-state index contributed by atoms with van der Waals surface area (Å²) < 4.78 is 0. The van der Waals surface area contributed by atoms with Crippen LogP contribution in [-0.4, -0.2) is 16.7 Å². The monoisotopic (exact) mass is 164 g/mol. The molecule has 1 heterocycles. The Labute approximate surface area is 71.6 Å². The first kappa shape index (κ1) is 8.90. The molecule has 1 rings (SSSR count). The van der Waals surface area contributed by atoms with Crippen molar-refractivity contribution in [2.45, 2.75) is 6.04 Å². The van der Waals surface area contributed by atoms with Gasteiger partial charge in [-0.1, -0.05) is 12.7 Å². The van der Waals surface area contributed by atoms with Gasteiger partial charge in [-0.3, -0.25) is 4.98 Å². The largest absolute Gasteiger partial charge is 0.394 e. The molecule has 1 atom stereocenters. The van der Waals surface area contributed by atoms with Crippen LogP contribution in [0, 0.1) is 0 Å². The first-order valence-corrected chi connectivity index (χ1v) is 3.72. The van der Waals surface area contributed by atoms with Crippen LogP contribution in [0.2, 0.25) is 0 Å². The molecule has 0 fully saturated rings. The molecule has 3 nitrogen and oxygen atoms in total. The van der Waals surface area contributed by atoms with Crippen LogP contribution in [-0.2, 0) is 0 Å². The van der Waals surface area contributed by atoms with Gasteiger partial charge in [-0.05, 0) is 17.2 Å². The predicted octanol–water partition coefficient (Wildman–Crippen LogP) is 0.717. The van der Waals surface area contributed by atoms with E-state index < -0.39 is 0 Å². The van der Waals surface area contributed by atoms with Gasteiger partial charge in [-0.2, -0.15) is 0 Å². The van der Waals surface area contributed by atoms with E-state index in [1.807, 2.05) is 0 Å². The highest BCUT2D eigenvalue weighted by atomic mass is 16.3. The van der Waals surface area contributed by atoms with E-state index in [4.69, 9.17) is 10.8 Å². The topological polar surface area (TPSA) is 59.1 Å². The molecule has 1 aromatic heterocycles. The number of pyridine rings is 1. The molecule has 1 unspecified atom stereocenters. The summed E-state index contributed by atoms with van der Waals surface area (Å²) in [4.78, 5) is 3.92. The van der Waals surface area contributed by atoms with Gasteiger partial charge >= 0.3 is 0 Å². The van der Waals surface area contributed by atoms with Crippen molar-refractivity contribution < 1.29 is 5.11 Å². The second kappa shape index (κ2) is 3.99. The maximum atomic E-state index is 8.83. The zero-order valence-electron chi connectivity index (χ0n) is 6.77. The number of rotatable bonds is 3. The van der Waals surface area contributed by atoms with Crippen LogP contribution in [0.1, 0.15) is 17.2 Å². The van der Waals surface area contributed by atoms with Gasteiger partial charge in [0.15, 0.2) is 0 Å². The van der Waals surface area contributed by atoms with E-state index in [9.17, 15) is 0 Å². The number of hydrogen-bond acceptors (Lipinski definition) is 3. The molecule has 0 saturated heterocycles. The second-order valence-electron chi connectivity index (χ2n) is 2.50. The van der Waals surface area contributed by atoms with Crippen molar-refractivity contribution >= 4 is 6.08 Å². The van der Waals surface area contributed by atoms with Crippen LogP contribution in [0.3, 0.4) is 0 Å². The fourth-order valence-corrected chi connectivity index (χ4v) is 1.02. The van der Waals surface area contributed by atoms with Gasteiger partial charge in [-0.25, -0.2) is 0 Å². The summed E-state index contributed by atoms with van der Waals surface area (Å²) in [6, 6.07) is 1.44. The Morgan fingerprint density at radius 2 is 2.50 bits per heavy atom. The number of hydrogen-bond donors (Lipinski definition) is 2. The average Bonchev–Trinajstić information content (AvgIpc) is 2.16. The molecule has 0 bridgehead atoms. The van der Waals surface area contributed by atoms with Crippen molar-refractivity contribution in [2.75, 3.05) is 6.61 Å². The minimum absolute atomic E-state index is 0.0646. The summed E-state index contributed by atoms with van der Waals surface area (Å²) in [5.41, 5.74) is 7.40. The van der Waals surface area contributed by atoms with Crippen LogP contribution < -0.4 is 5.73 Å². The van der Waals surface area contributed by atoms with E-state index in [0.29, 0.717) is 0 Å². The smallest absolute Gasteiger partial charge is 0.0624 e. The normalized spacial score (nSPS) is 12.5. The van der Waals surface area contributed by atoms with Gasteiger partial charge in [0.1, 0.15) is 0 Å². The molecule has 0 aliphatic rings. The third-order valence-electron chi connectivity index (χ3n) is 1.70. The van der Waals surface area contributed by atoms with Crippen molar-refractivity contribution in [3.63, 3.8) is 0 Å². The quantitative estimate of drug-likeness (QED) is 0.692. The molecule has 0 saturated carbocycles. The molecule has 0 radical (unpaired) electrons. The van der Waals surface area contributed by atoms with Crippen LogP contribution in [0.25, 0.3) is 6.08 Å². The summed E-state index contributed by atoms with van der Waals surface area (Å²) in [6.07, 6.45) is 5.01. The predicted molar refractivity (Wildman–Crippen MR) is 48.3 cm³/mol. The first-order valence-electron chi connectivity index (χ1n) is 3.72. The van der Waals surface area contributed by atoms with E-state index in [1.54, 1.807) is 24.5 Å². The highest BCUT2D eigenvalue weighted by Crippen LogP contribution is 2.14. The van der Waals surface area contributed by atoms with Crippen LogP contribution >= 0.6 is 0 Å². The van der Waals surface area contributed by atoms with Gasteiger partial charge < -0.3 is 10.8 Å². The van der Waals surface area contributed by atoms with Gasteiger partial charge in [0.25, 0.3) is 0 Å². The lowest BCUT2D eigenvalue weighted by atomic mass is 10.0. The van der Waals surface area contributed by atoms with Gasteiger partial charge in [-0.15, -0.1) is 0 Å². The summed E-state index contributed by atoms with van der Waals surface area (Å²) in [5.74, 6) is 0. The average molecular weight is 164 g/mol. The van der Waals surface area contributed by atoms with Crippen molar-refractivity contribution in [1.82, 2.24) is 4.98 Å². The molecule has 0 aliphatic heterocycles. The van der Waals surface area contributed by atoms with E-state index >= 15 is 0 Å². The zero-order valence-corrected chi connectivity index (χ0v) is 6.77. The number of aliphatic hydroxyl groups excluding tert-OH is 1. The number of aliphatic hydroxyl groups is 1. The SMILES string of the molecule is C=Cc1cnccc1C(N)CO. The summed E-state index contributed by atoms with van der Waals surface area (Å²) in [7, 11) is 0. The number of aromatic nitrogens is 1. The molecular formula is C9H12N2O. The minimum Gasteiger partial charge on any atom is -0.394 e. The Bertz CT molecular complexity index is 273. The lowest BCUT2D eigenvalue weighted by molar-refractivity contribution is 0.268. The molecule has 0 amide bonds. The Morgan fingerprint density at radius 1 is 1.75 bits per heavy atom. The van der Waals surface area contributed by atoms with Gasteiger partial charge in [0.05, 0.1) is 12.6 Å². The maximum absolute atomic E-state index is 8.83. The van der Waals surface area contributed by atoms with E-state index in [0.717, 1.165) is 11.1 Å².